The van der Waals surface area contributed by atoms with Gasteiger partial charge in [-0.15, -0.1) is 0 Å². The third kappa shape index (κ3) is 1.42. The summed E-state index contributed by atoms with van der Waals surface area (Å²) >= 11 is 0. The van der Waals surface area contributed by atoms with Crippen LogP contribution in [0.5, 0.6) is 0 Å². The average Bonchev–Trinajstić information content (AvgIpc) is 2.06. The molecule has 0 aromatic carbocycles. The lowest BCUT2D eigenvalue weighted by atomic mass is 9.92. The summed E-state index contributed by atoms with van der Waals surface area (Å²) in [4.78, 5) is 13.7. The number of ether oxygens (including phenoxy) is 1. The van der Waals surface area contributed by atoms with Crippen molar-refractivity contribution in [2.75, 3.05) is 19.6 Å². The molecule has 0 aliphatic carbocycles. The topological polar surface area (TPSA) is 41.6 Å². The minimum Gasteiger partial charge on any atom is -0.358 e. The summed E-state index contributed by atoms with van der Waals surface area (Å²) in [7, 11) is 0. The first-order valence-corrected chi connectivity index (χ1v) is 5.23. The highest BCUT2D eigenvalue weighted by Gasteiger charge is 2.47. The number of carbonyl (C=O) groups excluding carboxylic acids is 1. The van der Waals surface area contributed by atoms with Crippen LogP contribution >= 0.6 is 0 Å². The van der Waals surface area contributed by atoms with Gasteiger partial charge in [0, 0.05) is 19.1 Å². The van der Waals surface area contributed by atoms with Gasteiger partial charge in [-0.2, -0.15) is 0 Å². The molecule has 1 amide bonds. The van der Waals surface area contributed by atoms with Crippen LogP contribution in [-0.4, -0.2) is 48.2 Å². The Labute approximate surface area is 84.6 Å². The molecule has 2 saturated heterocycles. The molecule has 2 fully saturated rings. The molecule has 1 spiro atoms. The van der Waals surface area contributed by atoms with E-state index in [1.54, 1.807) is 0 Å². The van der Waals surface area contributed by atoms with Crippen LogP contribution < -0.4 is 5.32 Å². The average molecular weight is 198 g/mol. The smallest absolute Gasteiger partial charge is 0.251 e. The number of rotatable bonds is 1. The Balaban J connectivity index is 2.13. The molecule has 0 aromatic rings. The molecule has 2 rings (SSSR count). The summed E-state index contributed by atoms with van der Waals surface area (Å²) in [5, 5.41) is 3.20. The molecule has 80 valence electrons. The summed E-state index contributed by atoms with van der Waals surface area (Å²) in [5.41, 5.74) is -0.0996. The fourth-order valence-corrected chi connectivity index (χ4v) is 2.12. The first-order valence-electron chi connectivity index (χ1n) is 5.23. The van der Waals surface area contributed by atoms with Gasteiger partial charge in [-0.25, -0.2) is 0 Å². The van der Waals surface area contributed by atoms with E-state index < -0.39 is 0 Å². The van der Waals surface area contributed by atoms with E-state index in [1.807, 2.05) is 11.8 Å². The van der Waals surface area contributed by atoms with Crippen molar-refractivity contribution in [3.8, 4) is 0 Å². The molecule has 2 heterocycles. The van der Waals surface area contributed by atoms with E-state index in [0.717, 1.165) is 19.6 Å². The molecule has 2 aliphatic heterocycles. The van der Waals surface area contributed by atoms with E-state index in [4.69, 9.17) is 4.74 Å². The van der Waals surface area contributed by atoms with Crippen LogP contribution in [0.3, 0.4) is 0 Å². The summed E-state index contributed by atoms with van der Waals surface area (Å²) < 4.78 is 5.75. The lowest BCUT2D eigenvalue weighted by molar-refractivity contribution is -0.193. The molecule has 1 atom stereocenters. The van der Waals surface area contributed by atoms with E-state index in [1.165, 1.54) is 0 Å². The van der Waals surface area contributed by atoms with E-state index in [0.29, 0.717) is 0 Å². The first kappa shape index (κ1) is 9.93. The van der Waals surface area contributed by atoms with Crippen molar-refractivity contribution in [2.24, 2.45) is 0 Å². The fourth-order valence-electron chi connectivity index (χ4n) is 2.12. The van der Waals surface area contributed by atoms with Crippen molar-refractivity contribution in [3.63, 3.8) is 0 Å². The van der Waals surface area contributed by atoms with E-state index >= 15 is 0 Å². The Morgan fingerprint density at radius 1 is 1.57 bits per heavy atom. The van der Waals surface area contributed by atoms with Crippen molar-refractivity contribution in [2.45, 2.75) is 38.5 Å². The Morgan fingerprint density at radius 2 is 2.21 bits per heavy atom. The van der Waals surface area contributed by atoms with E-state index in [-0.39, 0.29) is 23.7 Å². The summed E-state index contributed by atoms with van der Waals surface area (Å²) in [5.74, 6) is 0.123. The Kier molecular flexibility index (Phi) is 2.27. The van der Waals surface area contributed by atoms with Gasteiger partial charge in [0.1, 0.15) is 11.7 Å². The maximum Gasteiger partial charge on any atom is 0.251 e. The van der Waals surface area contributed by atoms with Gasteiger partial charge in [0.05, 0.1) is 6.54 Å². The third-order valence-corrected chi connectivity index (χ3v) is 3.03. The number of carbonyl (C=O) groups is 1. The van der Waals surface area contributed by atoms with Gasteiger partial charge < -0.3 is 15.0 Å². The molecule has 0 saturated carbocycles. The van der Waals surface area contributed by atoms with Gasteiger partial charge >= 0.3 is 0 Å². The molecule has 0 bridgehead atoms. The molecule has 14 heavy (non-hydrogen) atoms. The molecule has 1 N–H and O–H groups in total. The molecule has 0 aromatic heterocycles. The number of hydrogen-bond acceptors (Lipinski definition) is 3. The van der Waals surface area contributed by atoms with Gasteiger partial charge in [0.2, 0.25) is 0 Å². The number of nitrogens with one attached hydrogen (secondary N) is 1. The van der Waals surface area contributed by atoms with Crippen LogP contribution in [0, 0.1) is 0 Å². The summed E-state index contributed by atoms with van der Waals surface area (Å²) in [6.45, 7) is 8.42. The van der Waals surface area contributed by atoms with Crippen LogP contribution in [0.2, 0.25) is 0 Å². The Bertz CT molecular complexity index is 249. The highest BCUT2D eigenvalue weighted by molar-refractivity contribution is 5.81. The first-order chi connectivity index (χ1) is 6.54. The molecule has 4 heteroatoms. The highest BCUT2D eigenvalue weighted by atomic mass is 16.5. The summed E-state index contributed by atoms with van der Waals surface area (Å²) in [6.07, 6.45) is -0.284. The third-order valence-electron chi connectivity index (χ3n) is 3.03. The second-order valence-corrected chi connectivity index (χ2v) is 4.61. The van der Waals surface area contributed by atoms with Crippen molar-refractivity contribution in [1.82, 2.24) is 10.2 Å². The molecule has 0 radical (unpaired) electrons. The van der Waals surface area contributed by atoms with Gasteiger partial charge in [-0.1, -0.05) is 0 Å². The number of amides is 1. The van der Waals surface area contributed by atoms with Crippen LogP contribution in [0.1, 0.15) is 20.8 Å². The predicted molar refractivity (Wildman–Crippen MR) is 53.0 cm³/mol. The molecule has 1 unspecified atom stereocenters. The van der Waals surface area contributed by atoms with Gasteiger partial charge in [0.15, 0.2) is 0 Å². The van der Waals surface area contributed by atoms with Crippen molar-refractivity contribution < 1.29 is 9.53 Å². The maximum atomic E-state index is 11.8. The Morgan fingerprint density at radius 3 is 2.64 bits per heavy atom. The van der Waals surface area contributed by atoms with Crippen LogP contribution in [0.4, 0.5) is 0 Å². The van der Waals surface area contributed by atoms with Gasteiger partial charge in [-0.3, -0.25) is 4.79 Å². The zero-order valence-electron chi connectivity index (χ0n) is 9.04. The quantitative estimate of drug-likeness (QED) is 0.644. The molecular formula is C10H18N2O2. The van der Waals surface area contributed by atoms with Gasteiger partial charge in [0.25, 0.3) is 5.91 Å². The highest BCUT2D eigenvalue weighted by Crippen LogP contribution is 2.27. The van der Waals surface area contributed by atoms with E-state index in [2.05, 4.69) is 19.2 Å². The molecular weight excluding hydrogens is 180 g/mol. The molecule has 4 nitrogen and oxygen atoms in total. The van der Waals surface area contributed by atoms with Crippen LogP contribution in [-0.2, 0) is 9.53 Å². The molecule has 2 aliphatic rings. The van der Waals surface area contributed by atoms with Crippen LogP contribution in [0.25, 0.3) is 0 Å². The standard InChI is InChI=1S/C10H18N2O2/c1-7(2)12-6-10(4-11-5-10)14-8(3)9(12)13/h7-8,11H,4-6H2,1-3H3. The normalized spacial score (nSPS) is 31.0. The number of morpholine rings is 1. The second kappa shape index (κ2) is 3.21. The zero-order chi connectivity index (χ0) is 10.3. The summed E-state index contributed by atoms with van der Waals surface area (Å²) in [6, 6.07) is 0.270. The fraction of sp³-hybridized carbons (Fsp3) is 0.900. The monoisotopic (exact) mass is 198 g/mol. The number of hydrogen-bond donors (Lipinski definition) is 1. The minimum atomic E-state index is -0.284. The lowest BCUT2D eigenvalue weighted by Gasteiger charge is -2.51. The zero-order valence-corrected chi connectivity index (χ0v) is 9.04. The second-order valence-electron chi connectivity index (χ2n) is 4.61. The Hall–Kier alpha value is -0.610. The number of nitrogens with zero attached hydrogens (tertiary/aromatic N) is 1. The van der Waals surface area contributed by atoms with Crippen molar-refractivity contribution >= 4 is 5.91 Å². The van der Waals surface area contributed by atoms with Crippen LogP contribution in [0.15, 0.2) is 0 Å². The van der Waals surface area contributed by atoms with E-state index in [9.17, 15) is 4.79 Å². The van der Waals surface area contributed by atoms with Gasteiger partial charge in [-0.05, 0) is 20.8 Å². The lowest BCUT2D eigenvalue weighted by Crippen LogP contribution is -2.72. The maximum absolute atomic E-state index is 11.8. The predicted octanol–water partition coefficient (Wildman–Crippen LogP) is -0.0159. The SMILES string of the molecule is CC1OC2(CNC2)CN(C(C)C)C1=O. The minimum absolute atomic E-state index is 0.0996. The van der Waals surface area contributed by atoms with Crippen molar-refractivity contribution in [3.05, 3.63) is 0 Å². The van der Waals surface area contributed by atoms with Crippen molar-refractivity contribution in [1.29, 1.82) is 0 Å². The largest absolute Gasteiger partial charge is 0.358 e.